The highest BCUT2D eigenvalue weighted by Gasteiger charge is 2.39. The average molecular weight is 1380 g/mol. The predicted molar refractivity (Wildman–Crippen MR) is 295 cm³/mol. The van der Waals surface area contributed by atoms with Crippen molar-refractivity contribution < 1.29 is 165 Å². The van der Waals surface area contributed by atoms with Crippen molar-refractivity contribution in [3.8, 4) is 5.75 Å². The molecule has 1 aliphatic heterocycles. The first-order chi connectivity index (χ1) is 44.1. The Labute approximate surface area is 527 Å². The van der Waals surface area contributed by atoms with E-state index in [1.165, 1.54) is 0 Å². The van der Waals surface area contributed by atoms with Crippen LogP contribution in [0.25, 0.3) is 0 Å². The number of ether oxygens (including phenoxy) is 13. The van der Waals surface area contributed by atoms with Crippen molar-refractivity contribution in [3.63, 3.8) is 0 Å². The fourth-order valence-corrected chi connectivity index (χ4v) is 6.79. The number of halogens is 10. The van der Waals surface area contributed by atoms with Crippen molar-refractivity contribution in [2.45, 2.75) is 18.8 Å². The molecule has 0 bridgehead atoms. The summed E-state index contributed by atoms with van der Waals surface area (Å²) in [6, 6.07) is 0.00990. The van der Waals surface area contributed by atoms with Gasteiger partial charge in [-0.05, 0) is 0 Å². The van der Waals surface area contributed by atoms with Gasteiger partial charge in [-0.2, -0.15) is 35.1 Å². The van der Waals surface area contributed by atoms with Crippen molar-refractivity contribution in [1.82, 2.24) is 24.9 Å². The first kappa shape index (κ1) is 87.2. The van der Waals surface area contributed by atoms with E-state index in [1.54, 1.807) is 14.7 Å². The van der Waals surface area contributed by atoms with E-state index in [4.69, 9.17) is 76.6 Å². The number of nitrogens with zero attached hydrogens (tertiary/aromatic N) is 4. The standard InChI is InChI=1S/C49H81F4N5O21.2C2HF3O2/c50-40-35-41(51)48(53)49(47(40)52)79-46(66)1-11-67-13-15-69-17-19-71-21-23-73-25-27-75-29-31-77-33-34-78-32-30-76-28-26-74-24-22-72-20-18-70-16-14-68-12-2-54-42(59)36-55-3-5-56(37-43(60)61)7-9-58(39-45(64)65)10-8-57(6-4-55)38-44(62)63;2*3-2(4,5)1(6)7/h35H,1-34,36-39H2,(H,54,59)(H,60,61)(H,62,63)(H,64,65);2*(H,6,7). The molecule has 0 spiro atoms. The minimum absolute atomic E-state index is 0.00990. The maximum absolute atomic E-state index is 13.6. The molecule has 0 aromatic heterocycles. The van der Waals surface area contributed by atoms with E-state index in [-0.39, 0.29) is 90.8 Å². The lowest BCUT2D eigenvalue weighted by molar-refractivity contribution is -0.193. The second-order valence-electron chi connectivity index (χ2n) is 18.6. The molecule has 93 heavy (non-hydrogen) atoms. The first-order valence-electron chi connectivity index (χ1n) is 28.5. The molecule has 540 valence electrons. The number of carboxylic acids is 5. The summed E-state index contributed by atoms with van der Waals surface area (Å²) in [5.41, 5.74) is 0. The highest BCUT2D eigenvalue weighted by molar-refractivity contribution is 5.78. The van der Waals surface area contributed by atoms with Crippen LogP contribution in [0.2, 0.25) is 0 Å². The van der Waals surface area contributed by atoms with E-state index >= 15 is 0 Å². The molecule has 0 saturated carbocycles. The van der Waals surface area contributed by atoms with Crippen LogP contribution in [0.4, 0.5) is 43.9 Å². The van der Waals surface area contributed by atoms with Crippen molar-refractivity contribution in [2.24, 2.45) is 0 Å². The number of nitrogens with one attached hydrogen (secondary N) is 1. The number of rotatable bonds is 48. The van der Waals surface area contributed by atoms with E-state index in [9.17, 15) is 83.2 Å². The molecule has 1 aliphatic rings. The number of benzene rings is 1. The average Bonchev–Trinajstić information content (AvgIpc) is 0.872. The van der Waals surface area contributed by atoms with Crippen molar-refractivity contribution in [2.75, 3.05) is 244 Å². The number of aliphatic carboxylic acids is 5. The third kappa shape index (κ3) is 52.2. The fourth-order valence-electron chi connectivity index (χ4n) is 6.79. The van der Waals surface area contributed by atoms with Crippen LogP contribution in [0.5, 0.6) is 5.75 Å². The number of esters is 1. The van der Waals surface area contributed by atoms with Crippen molar-refractivity contribution in [3.05, 3.63) is 29.3 Å². The summed E-state index contributed by atoms with van der Waals surface area (Å²) in [6.45, 7) is 9.98. The Morgan fingerprint density at radius 2 is 0.581 bits per heavy atom. The smallest absolute Gasteiger partial charge is 0.480 e. The van der Waals surface area contributed by atoms with Crippen LogP contribution in [0.1, 0.15) is 6.42 Å². The third-order valence-electron chi connectivity index (χ3n) is 11.3. The Balaban J connectivity index is 0.00000539. The van der Waals surface area contributed by atoms with Gasteiger partial charge in [-0.15, -0.1) is 0 Å². The highest BCUT2D eigenvalue weighted by atomic mass is 19.4. The van der Waals surface area contributed by atoms with Crippen LogP contribution in [-0.4, -0.2) is 343 Å². The van der Waals surface area contributed by atoms with Gasteiger partial charge in [-0.3, -0.25) is 43.6 Å². The Kier molecular flexibility index (Phi) is 51.0. The summed E-state index contributed by atoms with van der Waals surface area (Å²) in [5.74, 6) is -18.4. The minimum Gasteiger partial charge on any atom is -0.480 e. The first-order valence-corrected chi connectivity index (χ1v) is 28.5. The number of carbonyl (C=O) groups excluding carboxylic acids is 2. The summed E-state index contributed by atoms with van der Waals surface area (Å²) < 4.78 is 187. The largest absolute Gasteiger partial charge is 0.490 e. The minimum atomic E-state index is -5.08. The van der Waals surface area contributed by atoms with Gasteiger partial charge in [0.25, 0.3) is 0 Å². The van der Waals surface area contributed by atoms with Gasteiger partial charge in [0.15, 0.2) is 11.6 Å². The molecule has 1 fully saturated rings. The van der Waals surface area contributed by atoms with Crippen LogP contribution in [0.15, 0.2) is 6.07 Å². The molecular weight excluding hydrogens is 1300 g/mol. The van der Waals surface area contributed by atoms with Gasteiger partial charge in [0.05, 0.1) is 191 Å². The van der Waals surface area contributed by atoms with E-state index in [1.807, 2.05) is 4.90 Å². The lowest BCUT2D eigenvalue weighted by Crippen LogP contribution is -2.50. The van der Waals surface area contributed by atoms with Crippen LogP contribution in [0.3, 0.4) is 0 Å². The molecule has 2 rings (SSSR count). The molecular formula is C53H83F10N5O25. The zero-order chi connectivity index (χ0) is 69.7. The highest BCUT2D eigenvalue weighted by Crippen LogP contribution is 2.27. The molecule has 30 nitrogen and oxygen atoms in total. The third-order valence-corrected chi connectivity index (χ3v) is 11.3. The zero-order valence-electron chi connectivity index (χ0n) is 50.9. The van der Waals surface area contributed by atoms with Gasteiger partial charge in [0.1, 0.15) is 0 Å². The number of hydrogen-bond donors (Lipinski definition) is 6. The molecule has 0 aliphatic carbocycles. The summed E-state index contributed by atoms with van der Waals surface area (Å²) in [6.07, 6.45) is -10.6. The summed E-state index contributed by atoms with van der Waals surface area (Å²) in [5, 5.41) is 45.2. The molecule has 1 aromatic rings. The molecule has 0 unspecified atom stereocenters. The predicted octanol–water partition coefficient (Wildman–Crippen LogP) is 0.596. The van der Waals surface area contributed by atoms with Crippen LogP contribution >= 0.6 is 0 Å². The summed E-state index contributed by atoms with van der Waals surface area (Å²) in [4.78, 5) is 83.6. The number of carbonyl (C=O) groups is 7. The maximum Gasteiger partial charge on any atom is 0.490 e. The molecule has 1 aromatic carbocycles. The lowest BCUT2D eigenvalue weighted by atomic mass is 10.3. The van der Waals surface area contributed by atoms with Crippen LogP contribution < -0.4 is 10.1 Å². The van der Waals surface area contributed by atoms with E-state index in [0.29, 0.717) is 165 Å². The maximum atomic E-state index is 13.6. The van der Waals surface area contributed by atoms with E-state index < -0.39 is 83.6 Å². The second-order valence-corrected chi connectivity index (χ2v) is 18.6. The summed E-state index contributed by atoms with van der Waals surface area (Å²) in [7, 11) is 0. The number of amides is 1. The molecule has 1 heterocycles. The summed E-state index contributed by atoms with van der Waals surface area (Å²) >= 11 is 0. The van der Waals surface area contributed by atoms with E-state index in [2.05, 4.69) is 10.1 Å². The molecule has 1 amide bonds. The molecule has 1 saturated heterocycles. The lowest BCUT2D eigenvalue weighted by Gasteiger charge is -2.32. The zero-order valence-corrected chi connectivity index (χ0v) is 50.9. The Morgan fingerprint density at radius 1 is 0.366 bits per heavy atom. The fraction of sp³-hybridized carbons (Fsp3) is 0.755. The van der Waals surface area contributed by atoms with Gasteiger partial charge in [-0.1, -0.05) is 0 Å². The van der Waals surface area contributed by atoms with Crippen molar-refractivity contribution >= 4 is 41.7 Å². The van der Waals surface area contributed by atoms with Gasteiger partial charge in [-0.25, -0.2) is 18.4 Å². The SMILES string of the molecule is O=C(O)C(F)(F)F.O=C(O)C(F)(F)F.O=C(O)CN1CCN(CC(=O)O)CCN(CC(=O)NCCOCCOCCOCCOCCOCCOCCOCCOCCOCCOCCOCCOCCC(=O)Oc2c(F)c(F)cc(F)c2F)CCN(CC(=O)O)CC1. The van der Waals surface area contributed by atoms with E-state index in [0.717, 1.165) is 0 Å². The van der Waals surface area contributed by atoms with Crippen molar-refractivity contribution in [1.29, 1.82) is 0 Å². The van der Waals surface area contributed by atoms with Crippen LogP contribution in [-0.2, 0) is 90.4 Å². The Hall–Kier alpha value is -5.83. The normalized spacial score (nSPS) is 14.0. The van der Waals surface area contributed by atoms with Crippen LogP contribution in [0, 0.1) is 23.3 Å². The number of alkyl halides is 6. The number of carboxylic acid groups (broad SMARTS) is 5. The van der Waals surface area contributed by atoms with Gasteiger partial charge >= 0.3 is 48.2 Å². The van der Waals surface area contributed by atoms with Gasteiger partial charge in [0, 0.05) is 65.0 Å². The topological polar surface area (TPSA) is 366 Å². The Bertz CT molecular complexity index is 2140. The Morgan fingerprint density at radius 3 is 0.806 bits per heavy atom. The van der Waals surface area contributed by atoms with Gasteiger partial charge < -0.3 is 92.4 Å². The monoisotopic (exact) mass is 1380 g/mol. The number of hydrogen-bond acceptors (Lipinski definition) is 24. The molecule has 40 heteroatoms. The molecule has 0 atom stereocenters. The second kappa shape index (κ2) is 54.4. The molecule has 0 radical (unpaired) electrons. The quantitative estimate of drug-likeness (QED) is 0.0171. The van der Waals surface area contributed by atoms with Gasteiger partial charge in [0.2, 0.25) is 23.3 Å². The molecule has 6 N–H and O–H groups in total.